The van der Waals surface area contributed by atoms with Gasteiger partial charge in [-0.05, 0) is 25.7 Å². The third kappa shape index (κ3) is 2.38. The van der Waals surface area contributed by atoms with Gasteiger partial charge >= 0.3 is 0 Å². The van der Waals surface area contributed by atoms with E-state index in [0.717, 1.165) is 25.9 Å². The van der Waals surface area contributed by atoms with E-state index in [1.54, 1.807) is 0 Å². The molecule has 2 rings (SSSR count). The number of carbonyl (C=O) groups excluding carboxylic acids is 1. The molecule has 96 valence electrons. The van der Waals surface area contributed by atoms with Crippen LogP contribution in [0.4, 0.5) is 0 Å². The average Bonchev–Trinajstić information content (AvgIpc) is 2.37. The third-order valence-corrected chi connectivity index (χ3v) is 3.70. The number of hydroxylamine groups is 2. The minimum absolute atomic E-state index is 0.0103. The maximum Gasteiger partial charge on any atom is 0.252 e. The second-order valence-corrected chi connectivity index (χ2v) is 4.93. The number of nitrogens with zero attached hydrogens (tertiary/aromatic N) is 1. The van der Waals surface area contributed by atoms with Crippen LogP contribution in [-0.4, -0.2) is 29.9 Å². The van der Waals surface area contributed by atoms with Crippen molar-refractivity contribution < 1.29 is 14.4 Å². The molecule has 4 heteroatoms. The molecule has 2 aliphatic rings. The molecular formula is C13H21NO3. The van der Waals surface area contributed by atoms with E-state index in [-0.39, 0.29) is 30.1 Å². The monoisotopic (exact) mass is 239 g/mol. The average molecular weight is 239 g/mol. The summed E-state index contributed by atoms with van der Waals surface area (Å²) in [6.45, 7) is 8.49. The number of rotatable bonds is 4. The van der Waals surface area contributed by atoms with Crippen molar-refractivity contribution in [3.63, 3.8) is 0 Å². The molecule has 2 saturated heterocycles. The van der Waals surface area contributed by atoms with E-state index in [1.807, 2.05) is 19.9 Å². The zero-order chi connectivity index (χ0) is 12.4. The molecule has 0 bridgehead atoms. The van der Waals surface area contributed by atoms with Gasteiger partial charge in [-0.1, -0.05) is 13.0 Å². The van der Waals surface area contributed by atoms with Gasteiger partial charge in [0.15, 0.2) is 6.29 Å². The van der Waals surface area contributed by atoms with Crippen molar-refractivity contribution in [1.82, 2.24) is 5.06 Å². The van der Waals surface area contributed by atoms with E-state index < -0.39 is 0 Å². The van der Waals surface area contributed by atoms with Crippen molar-refractivity contribution in [2.75, 3.05) is 6.61 Å². The standard InChI is InChI=1S/C13H21NO3/c1-4-9(2)12-10(3)14(13(12)15)17-11-7-5-6-8-16-11/h4,9-12H,1,5-8H2,2-3H3. The molecule has 4 nitrogen and oxygen atoms in total. The number of amides is 1. The predicted octanol–water partition coefficient (Wildman–Crippen LogP) is 2.11. The molecule has 0 aromatic carbocycles. The number of hydrogen-bond acceptors (Lipinski definition) is 3. The van der Waals surface area contributed by atoms with Gasteiger partial charge in [0.2, 0.25) is 0 Å². The molecular weight excluding hydrogens is 218 g/mol. The van der Waals surface area contributed by atoms with E-state index in [1.165, 1.54) is 5.06 Å². The van der Waals surface area contributed by atoms with Crippen LogP contribution in [0, 0.1) is 11.8 Å². The zero-order valence-corrected chi connectivity index (χ0v) is 10.6. The summed E-state index contributed by atoms with van der Waals surface area (Å²) in [6.07, 6.45) is 4.65. The Labute approximate surface area is 103 Å². The first-order valence-electron chi connectivity index (χ1n) is 6.39. The Hall–Kier alpha value is -0.870. The van der Waals surface area contributed by atoms with Crippen LogP contribution in [0.5, 0.6) is 0 Å². The summed E-state index contributed by atoms with van der Waals surface area (Å²) in [7, 11) is 0. The van der Waals surface area contributed by atoms with Gasteiger partial charge in [-0.15, -0.1) is 6.58 Å². The van der Waals surface area contributed by atoms with Gasteiger partial charge in [-0.2, -0.15) is 0 Å². The summed E-state index contributed by atoms with van der Waals surface area (Å²) < 4.78 is 5.47. The Bertz CT molecular complexity index is 299. The van der Waals surface area contributed by atoms with Crippen molar-refractivity contribution in [3.05, 3.63) is 12.7 Å². The summed E-state index contributed by atoms with van der Waals surface area (Å²) in [5.74, 6) is 0.264. The Balaban J connectivity index is 1.87. The fourth-order valence-corrected chi connectivity index (χ4v) is 2.50. The maximum absolute atomic E-state index is 11.9. The molecule has 0 aromatic rings. The van der Waals surface area contributed by atoms with Gasteiger partial charge in [0.05, 0.1) is 12.0 Å². The number of allylic oxidation sites excluding steroid dienone is 1. The van der Waals surface area contributed by atoms with Crippen LogP contribution >= 0.6 is 0 Å². The van der Waals surface area contributed by atoms with Crippen molar-refractivity contribution in [3.8, 4) is 0 Å². The van der Waals surface area contributed by atoms with Crippen LogP contribution < -0.4 is 0 Å². The molecule has 0 aromatic heterocycles. The van der Waals surface area contributed by atoms with Crippen LogP contribution in [0.25, 0.3) is 0 Å². The van der Waals surface area contributed by atoms with Gasteiger partial charge in [0.25, 0.3) is 5.91 Å². The largest absolute Gasteiger partial charge is 0.350 e. The van der Waals surface area contributed by atoms with E-state index in [2.05, 4.69) is 6.58 Å². The molecule has 0 aliphatic carbocycles. The van der Waals surface area contributed by atoms with Crippen LogP contribution in [0.3, 0.4) is 0 Å². The molecule has 4 unspecified atom stereocenters. The van der Waals surface area contributed by atoms with Crippen molar-refractivity contribution in [2.45, 2.75) is 45.4 Å². The van der Waals surface area contributed by atoms with Crippen LogP contribution in [0.15, 0.2) is 12.7 Å². The van der Waals surface area contributed by atoms with Crippen molar-refractivity contribution in [2.24, 2.45) is 11.8 Å². The molecule has 1 amide bonds. The minimum atomic E-state index is -0.241. The summed E-state index contributed by atoms with van der Waals surface area (Å²) in [6, 6.07) is 0.112. The van der Waals surface area contributed by atoms with Gasteiger partial charge in [-0.25, -0.2) is 9.90 Å². The van der Waals surface area contributed by atoms with Crippen LogP contribution in [-0.2, 0) is 14.4 Å². The summed E-state index contributed by atoms with van der Waals surface area (Å²) in [5.41, 5.74) is 0. The highest BCUT2D eigenvalue weighted by Gasteiger charge is 2.48. The minimum Gasteiger partial charge on any atom is -0.350 e. The normalized spacial score (nSPS) is 35.3. The zero-order valence-electron chi connectivity index (χ0n) is 10.6. The second kappa shape index (κ2) is 5.19. The molecule has 4 atom stereocenters. The summed E-state index contributed by atoms with van der Waals surface area (Å²) in [5, 5.41) is 1.47. The number of ether oxygens (including phenoxy) is 1. The smallest absolute Gasteiger partial charge is 0.252 e. The Morgan fingerprint density at radius 1 is 1.59 bits per heavy atom. The number of hydrogen-bond donors (Lipinski definition) is 0. The van der Waals surface area contributed by atoms with Gasteiger partial charge in [0.1, 0.15) is 0 Å². The Morgan fingerprint density at radius 2 is 2.35 bits per heavy atom. The lowest BCUT2D eigenvalue weighted by atomic mass is 9.81. The lowest BCUT2D eigenvalue weighted by molar-refractivity contribution is -0.318. The quantitative estimate of drug-likeness (QED) is 0.557. The highest BCUT2D eigenvalue weighted by atomic mass is 16.8. The maximum atomic E-state index is 11.9. The van der Waals surface area contributed by atoms with E-state index >= 15 is 0 Å². The van der Waals surface area contributed by atoms with Crippen LogP contribution in [0.2, 0.25) is 0 Å². The third-order valence-electron chi connectivity index (χ3n) is 3.70. The lowest BCUT2D eigenvalue weighted by Gasteiger charge is -2.47. The van der Waals surface area contributed by atoms with Gasteiger partial charge in [0, 0.05) is 13.0 Å². The van der Waals surface area contributed by atoms with E-state index in [4.69, 9.17) is 9.57 Å². The highest BCUT2D eigenvalue weighted by molar-refractivity contribution is 5.85. The van der Waals surface area contributed by atoms with Gasteiger partial charge in [-0.3, -0.25) is 4.79 Å². The van der Waals surface area contributed by atoms with Crippen molar-refractivity contribution >= 4 is 5.91 Å². The van der Waals surface area contributed by atoms with Gasteiger partial charge < -0.3 is 4.74 Å². The fraction of sp³-hybridized carbons (Fsp3) is 0.769. The Morgan fingerprint density at radius 3 is 2.88 bits per heavy atom. The first-order chi connectivity index (χ1) is 8.15. The second-order valence-electron chi connectivity index (χ2n) is 4.93. The molecule has 2 aliphatic heterocycles. The highest BCUT2D eigenvalue weighted by Crippen LogP contribution is 2.34. The molecule has 0 spiro atoms. The summed E-state index contributed by atoms with van der Waals surface area (Å²) in [4.78, 5) is 17.5. The fourth-order valence-electron chi connectivity index (χ4n) is 2.50. The molecule has 2 fully saturated rings. The first kappa shape index (κ1) is 12.6. The predicted molar refractivity (Wildman–Crippen MR) is 63.8 cm³/mol. The molecule has 0 saturated carbocycles. The molecule has 0 radical (unpaired) electrons. The SMILES string of the molecule is C=CC(C)C1C(=O)N(OC2CCCCO2)C1C. The van der Waals surface area contributed by atoms with E-state index in [0.29, 0.717) is 0 Å². The topological polar surface area (TPSA) is 38.8 Å². The molecule has 0 N–H and O–H groups in total. The number of carbonyl (C=O) groups is 1. The first-order valence-corrected chi connectivity index (χ1v) is 6.39. The van der Waals surface area contributed by atoms with Crippen molar-refractivity contribution in [1.29, 1.82) is 0 Å². The molecule has 2 heterocycles. The molecule has 17 heavy (non-hydrogen) atoms. The Kier molecular flexibility index (Phi) is 3.84. The number of β-lactam (4-membered cyclic amide) rings is 1. The lowest BCUT2D eigenvalue weighted by Crippen LogP contribution is -2.62. The van der Waals surface area contributed by atoms with E-state index in [9.17, 15) is 4.79 Å². The van der Waals surface area contributed by atoms with Crippen LogP contribution in [0.1, 0.15) is 33.1 Å². The summed E-state index contributed by atoms with van der Waals surface area (Å²) >= 11 is 0.